The molecule has 0 aromatic heterocycles. The number of carbonyl (C=O) groups is 1. The average molecular weight is 275 g/mol. The fraction of sp³-hybridized carbons (Fsp3) is 0.588. The van der Waals surface area contributed by atoms with Crippen LogP contribution in [0.1, 0.15) is 38.3 Å². The highest BCUT2D eigenvalue weighted by Crippen LogP contribution is 2.14. The molecule has 1 fully saturated rings. The summed E-state index contributed by atoms with van der Waals surface area (Å²) in [5, 5.41) is 0. The van der Waals surface area contributed by atoms with Gasteiger partial charge < -0.3 is 9.64 Å². The van der Waals surface area contributed by atoms with E-state index in [1.807, 2.05) is 11.8 Å². The highest BCUT2D eigenvalue weighted by atomic mass is 16.5. The molecule has 0 radical (unpaired) electrons. The molecule has 1 aliphatic heterocycles. The zero-order valence-electron chi connectivity index (χ0n) is 12.8. The van der Waals surface area contributed by atoms with Gasteiger partial charge in [0.2, 0.25) is 5.91 Å². The molecule has 1 aromatic rings. The molecule has 1 saturated heterocycles. The Balaban J connectivity index is 1.87. The Labute approximate surface area is 121 Å². The summed E-state index contributed by atoms with van der Waals surface area (Å²) < 4.78 is 5.56. The van der Waals surface area contributed by atoms with Gasteiger partial charge >= 0.3 is 0 Å². The van der Waals surface area contributed by atoms with Crippen LogP contribution in [0.5, 0.6) is 0 Å². The molecule has 110 valence electrons. The number of amides is 1. The van der Waals surface area contributed by atoms with Crippen molar-refractivity contribution in [2.45, 2.75) is 52.2 Å². The third-order valence-corrected chi connectivity index (χ3v) is 3.99. The van der Waals surface area contributed by atoms with E-state index in [1.54, 1.807) is 0 Å². The largest absolute Gasteiger partial charge is 0.375 e. The van der Waals surface area contributed by atoms with Crippen molar-refractivity contribution in [2.24, 2.45) is 0 Å². The smallest absolute Gasteiger partial charge is 0.223 e. The maximum absolute atomic E-state index is 12.3. The summed E-state index contributed by atoms with van der Waals surface area (Å²) in [4.78, 5) is 14.3. The van der Waals surface area contributed by atoms with Gasteiger partial charge in [-0.15, -0.1) is 0 Å². The number of aryl methyl sites for hydroxylation is 2. The quantitative estimate of drug-likeness (QED) is 0.845. The molecule has 2 atom stereocenters. The first kappa shape index (κ1) is 15.0. The van der Waals surface area contributed by atoms with Crippen LogP contribution >= 0.6 is 0 Å². The molecule has 0 aliphatic carbocycles. The normalized spacial score (nSPS) is 22.9. The molecule has 1 heterocycles. The van der Waals surface area contributed by atoms with Crippen molar-refractivity contribution in [3.8, 4) is 0 Å². The Morgan fingerprint density at radius 3 is 2.55 bits per heavy atom. The maximum atomic E-state index is 12.3. The molecule has 2 rings (SSSR count). The molecule has 0 spiro atoms. The van der Waals surface area contributed by atoms with Gasteiger partial charge in [0.15, 0.2) is 0 Å². The fourth-order valence-electron chi connectivity index (χ4n) is 2.59. The average Bonchev–Trinajstić information content (AvgIpc) is 2.47. The van der Waals surface area contributed by atoms with Crippen molar-refractivity contribution in [3.63, 3.8) is 0 Å². The summed E-state index contributed by atoms with van der Waals surface area (Å²) in [5.74, 6) is 0.243. The molecule has 0 N–H and O–H groups in total. The first-order valence-electron chi connectivity index (χ1n) is 7.59. The Bertz CT molecular complexity index is 441. The van der Waals surface area contributed by atoms with E-state index in [1.165, 1.54) is 11.1 Å². The van der Waals surface area contributed by atoms with E-state index >= 15 is 0 Å². The second kappa shape index (κ2) is 6.89. The summed E-state index contributed by atoms with van der Waals surface area (Å²) in [6, 6.07) is 8.77. The van der Waals surface area contributed by atoms with Crippen LogP contribution < -0.4 is 0 Å². The van der Waals surface area contributed by atoms with E-state index in [9.17, 15) is 4.79 Å². The molecule has 1 amide bonds. The number of nitrogens with zero attached hydrogens (tertiary/aromatic N) is 1. The zero-order chi connectivity index (χ0) is 14.5. The Morgan fingerprint density at radius 1 is 1.25 bits per heavy atom. The van der Waals surface area contributed by atoms with Gasteiger partial charge in [0.1, 0.15) is 0 Å². The Hall–Kier alpha value is -1.35. The molecule has 20 heavy (non-hydrogen) atoms. The summed E-state index contributed by atoms with van der Waals surface area (Å²) in [6.45, 7) is 7.60. The first-order chi connectivity index (χ1) is 9.60. The van der Waals surface area contributed by atoms with Crippen LogP contribution in [0.15, 0.2) is 24.3 Å². The van der Waals surface area contributed by atoms with Crippen molar-refractivity contribution in [3.05, 3.63) is 35.4 Å². The van der Waals surface area contributed by atoms with Crippen molar-refractivity contribution in [1.82, 2.24) is 4.90 Å². The number of hydrogen-bond donors (Lipinski definition) is 0. The first-order valence-corrected chi connectivity index (χ1v) is 7.59. The monoisotopic (exact) mass is 275 g/mol. The minimum atomic E-state index is 0.152. The number of carbonyl (C=O) groups excluding carboxylic acids is 1. The molecule has 2 unspecified atom stereocenters. The van der Waals surface area contributed by atoms with E-state index in [0.717, 1.165) is 19.4 Å². The topological polar surface area (TPSA) is 29.5 Å². The van der Waals surface area contributed by atoms with Crippen molar-refractivity contribution >= 4 is 5.91 Å². The second-order valence-corrected chi connectivity index (χ2v) is 5.71. The van der Waals surface area contributed by atoms with Crippen molar-refractivity contribution in [1.29, 1.82) is 0 Å². The molecule has 1 aliphatic rings. The Kier molecular flexibility index (Phi) is 5.18. The molecule has 3 heteroatoms. The summed E-state index contributed by atoms with van der Waals surface area (Å²) >= 11 is 0. The number of benzene rings is 1. The second-order valence-electron chi connectivity index (χ2n) is 5.71. The minimum Gasteiger partial charge on any atom is -0.375 e. The summed E-state index contributed by atoms with van der Waals surface area (Å²) in [7, 11) is 0. The number of hydrogen-bond acceptors (Lipinski definition) is 2. The molecule has 3 nitrogen and oxygen atoms in total. The van der Waals surface area contributed by atoms with Crippen LogP contribution in [0.4, 0.5) is 0 Å². The van der Waals surface area contributed by atoms with Gasteiger partial charge in [0.05, 0.1) is 18.8 Å². The maximum Gasteiger partial charge on any atom is 0.223 e. The number of morpholine rings is 1. The third-order valence-electron chi connectivity index (χ3n) is 3.99. The highest BCUT2D eigenvalue weighted by molar-refractivity contribution is 5.77. The van der Waals surface area contributed by atoms with Gasteiger partial charge in [-0.1, -0.05) is 31.2 Å². The van der Waals surface area contributed by atoms with E-state index < -0.39 is 0 Å². The van der Waals surface area contributed by atoms with Gasteiger partial charge in [0.25, 0.3) is 0 Å². The van der Waals surface area contributed by atoms with Gasteiger partial charge in [0, 0.05) is 13.0 Å². The van der Waals surface area contributed by atoms with Gasteiger partial charge in [-0.2, -0.15) is 0 Å². The van der Waals surface area contributed by atoms with Crippen LogP contribution in [-0.2, 0) is 22.4 Å². The highest BCUT2D eigenvalue weighted by Gasteiger charge is 2.26. The molecular weight excluding hydrogens is 250 g/mol. The van der Waals surface area contributed by atoms with Crippen LogP contribution in [-0.4, -0.2) is 36.1 Å². The predicted molar refractivity (Wildman–Crippen MR) is 80.7 cm³/mol. The third kappa shape index (κ3) is 3.83. The summed E-state index contributed by atoms with van der Waals surface area (Å²) in [5.41, 5.74) is 2.58. The van der Waals surface area contributed by atoms with Gasteiger partial charge in [-0.25, -0.2) is 0 Å². The predicted octanol–water partition coefficient (Wildman–Crippen LogP) is 2.82. The van der Waals surface area contributed by atoms with Crippen LogP contribution in [0, 0.1) is 0 Å². The lowest BCUT2D eigenvalue weighted by Crippen LogP contribution is -2.50. The lowest BCUT2D eigenvalue weighted by atomic mass is 10.1. The van der Waals surface area contributed by atoms with E-state index in [4.69, 9.17) is 4.74 Å². The molecule has 0 bridgehead atoms. The lowest BCUT2D eigenvalue weighted by molar-refractivity contribution is -0.143. The number of ether oxygens (including phenoxy) is 1. The lowest BCUT2D eigenvalue weighted by Gasteiger charge is -2.37. The van der Waals surface area contributed by atoms with Crippen LogP contribution in [0.3, 0.4) is 0 Å². The minimum absolute atomic E-state index is 0.152. The molecule has 0 saturated carbocycles. The van der Waals surface area contributed by atoms with E-state index in [0.29, 0.717) is 13.0 Å². The fourth-order valence-corrected chi connectivity index (χ4v) is 2.59. The van der Waals surface area contributed by atoms with Crippen molar-refractivity contribution < 1.29 is 9.53 Å². The van der Waals surface area contributed by atoms with Crippen molar-refractivity contribution in [2.75, 3.05) is 13.2 Å². The standard InChI is InChI=1S/C17H25NO2/c1-4-15-5-7-16(8-6-15)9-10-17(19)18-11-14(3)20-12-13(18)2/h5-8,13-14H,4,9-12H2,1-3H3. The zero-order valence-corrected chi connectivity index (χ0v) is 12.8. The van der Waals surface area contributed by atoms with Crippen LogP contribution in [0.2, 0.25) is 0 Å². The Morgan fingerprint density at radius 2 is 1.90 bits per heavy atom. The van der Waals surface area contributed by atoms with Gasteiger partial charge in [-0.05, 0) is 37.8 Å². The van der Waals surface area contributed by atoms with E-state index in [2.05, 4.69) is 38.1 Å². The SMILES string of the molecule is CCc1ccc(CCC(=O)N2CC(C)OCC2C)cc1. The van der Waals surface area contributed by atoms with Crippen LogP contribution in [0.25, 0.3) is 0 Å². The van der Waals surface area contributed by atoms with Gasteiger partial charge in [-0.3, -0.25) is 4.79 Å². The summed E-state index contributed by atoms with van der Waals surface area (Å²) in [6.07, 6.45) is 2.62. The molecule has 1 aromatic carbocycles. The number of rotatable bonds is 4. The van der Waals surface area contributed by atoms with E-state index in [-0.39, 0.29) is 18.1 Å². The molecular formula is C17H25NO2.